The molecule has 6 nitrogen and oxygen atoms in total. The number of aromatic nitrogens is 1. The highest BCUT2D eigenvalue weighted by atomic mass is 32.2. The Morgan fingerprint density at radius 2 is 1.85 bits per heavy atom. The molecule has 3 aromatic rings. The van der Waals surface area contributed by atoms with Crippen LogP contribution in [0.3, 0.4) is 0 Å². The Labute approximate surface area is 156 Å². The molecule has 1 aromatic heterocycles. The van der Waals surface area contributed by atoms with Crippen molar-refractivity contribution >= 4 is 32.2 Å². The molecule has 0 aliphatic heterocycles. The molecule has 2 aromatic carbocycles. The lowest BCUT2D eigenvalue weighted by Gasteiger charge is -2.08. The summed E-state index contributed by atoms with van der Waals surface area (Å²) in [6.07, 6.45) is 1.13. The first-order valence-corrected chi connectivity index (χ1v) is 10.6. The lowest BCUT2D eigenvalue weighted by atomic mass is 10.1. The minimum Gasteiger partial charge on any atom is -0.496 e. The minimum atomic E-state index is -3.27. The Kier molecular flexibility index (Phi) is 5.43. The van der Waals surface area contributed by atoms with Gasteiger partial charge in [-0.1, -0.05) is 30.3 Å². The van der Waals surface area contributed by atoms with Crippen LogP contribution in [0.5, 0.6) is 5.75 Å². The molecule has 0 fully saturated rings. The third kappa shape index (κ3) is 4.74. The molecule has 1 heterocycles. The fourth-order valence-electron chi connectivity index (χ4n) is 2.43. The van der Waals surface area contributed by atoms with E-state index in [1.54, 1.807) is 19.2 Å². The maximum absolute atomic E-state index is 11.3. The van der Waals surface area contributed by atoms with Gasteiger partial charge in [-0.15, -0.1) is 11.3 Å². The summed E-state index contributed by atoms with van der Waals surface area (Å²) in [5.74, 6) is 0.839. The second-order valence-electron chi connectivity index (χ2n) is 5.65. The molecule has 0 atom stereocenters. The number of ether oxygens (including phenoxy) is 1. The van der Waals surface area contributed by atoms with Crippen LogP contribution in [0.2, 0.25) is 0 Å². The number of thiazole rings is 1. The molecule has 3 rings (SSSR count). The van der Waals surface area contributed by atoms with Crippen LogP contribution >= 0.6 is 11.3 Å². The lowest BCUT2D eigenvalue weighted by molar-refractivity contribution is 0.410. The highest BCUT2D eigenvalue weighted by molar-refractivity contribution is 7.92. The molecule has 0 aliphatic rings. The standard InChI is InChI=1S/C18H19N3O3S2/c1-24-17-6-4-3-5-14(17)11-19-18-20-16(12-25-18)13-7-9-15(10-8-13)21-26(2,22)23/h3-10,12,21H,11H2,1-2H3,(H,19,20). The molecular formula is C18H19N3O3S2. The fraction of sp³-hybridized carbons (Fsp3) is 0.167. The van der Waals surface area contributed by atoms with Crippen molar-refractivity contribution in [2.75, 3.05) is 23.4 Å². The number of nitrogens with zero attached hydrogens (tertiary/aromatic N) is 1. The number of anilines is 2. The zero-order chi connectivity index (χ0) is 18.6. The van der Waals surface area contributed by atoms with Gasteiger partial charge in [0.2, 0.25) is 10.0 Å². The molecular weight excluding hydrogens is 370 g/mol. The molecule has 0 saturated carbocycles. The Hall–Kier alpha value is -2.58. The largest absolute Gasteiger partial charge is 0.496 e. The van der Waals surface area contributed by atoms with Gasteiger partial charge in [-0.25, -0.2) is 13.4 Å². The van der Waals surface area contributed by atoms with Crippen LogP contribution in [0.25, 0.3) is 11.3 Å². The van der Waals surface area contributed by atoms with E-state index in [0.29, 0.717) is 12.2 Å². The van der Waals surface area contributed by atoms with E-state index in [0.717, 1.165) is 34.0 Å². The first kappa shape index (κ1) is 18.2. The smallest absolute Gasteiger partial charge is 0.229 e. The summed E-state index contributed by atoms with van der Waals surface area (Å²) >= 11 is 1.52. The third-order valence-corrected chi connectivity index (χ3v) is 5.02. The maximum Gasteiger partial charge on any atom is 0.229 e. The number of hydrogen-bond donors (Lipinski definition) is 2. The Morgan fingerprint density at radius 1 is 1.12 bits per heavy atom. The van der Waals surface area contributed by atoms with E-state index in [2.05, 4.69) is 15.0 Å². The summed E-state index contributed by atoms with van der Waals surface area (Å²) in [5, 5.41) is 6.08. The van der Waals surface area contributed by atoms with E-state index in [9.17, 15) is 8.42 Å². The van der Waals surface area contributed by atoms with Crippen molar-refractivity contribution in [2.24, 2.45) is 0 Å². The number of sulfonamides is 1. The monoisotopic (exact) mass is 389 g/mol. The normalized spacial score (nSPS) is 11.2. The predicted molar refractivity (Wildman–Crippen MR) is 106 cm³/mol. The van der Waals surface area contributed by atoms with Crippen LogP contribution in [-0.2, 0) is 16.6 Å². The van der Waals surface area contributed by atoms with Crippen LogP contribution < -0.4 is 14.8 Å². The van der Waals surface area contributed by atoms with Crippen molar-refractivity contribution in [1.29, 1.82) is 0 Å². The minimum absolute atomic E-state index is 0.529. The van der Waals surface area contributed by atoms with E-state index in [1.807, 2.05) is 41.8 Å². The van der Waals surface area contributed by atoms with Gasteiger partial charge in [-0.2, -0.15) is 0 Å². The van der Waals surface area contributed by atoms with Crippen LogP contribution in [0.15, 0.2) is 53.9 Å². The van der Waals surface area contributed by atoms with Crippen molar-refractivity contribution in [3.8, 4) is 17.0 Å². The predicted octanol–water partition coefficient (Wildman–Crippen LogP) is 3.80. The Balaban J connectivity index is 1.68. The average molecular weight is 390 g/mol. The van der Waals surface area contributed by atoms with Gasteiger partial charge in [0.05, 0.1) is 19.1 Å². The number of methoxy groups -OCH3 is 1. The second kappa shape index (κ2) is 7.76. The number of hydrogen-bond acceptors (Lipinski definition) is 6. The van der Waals surface area contributed by atoms with Crippen LogP contribution in [-0.4, -0.2) is 26.8 Å². The van der Waals surface area contributed by atoms with Gasteiger partial charge in [-0.05, 0) is 18.2 Å². The maximum atomic E-state index is 11.3. The van der Waals surface area contributed by atoms with E-state index >= 15 is 0 Å². The van der Waals surface area contributed by atoms with E-state index in [4.69, 9.17) is 4.74 Å². The molecule has 26 heavy (non-hydrogen) atoms. The molecule has 0 bridgehead atoms. The van der Waals surface area contributed by atoms with Gasteiger partial charge < -0.3 is 10.1 Å². The highest BCUT2D eigenvalue weighted by Crippen LogP contribution is 2.27. The van der Waals surface area contributed by atoms with Gasteiger partial charge in [0, 0.05) is 28.7 Å². The van der Waals surface area contributed by atoms with Crippen LogP contribution in [0.4, 0.5) is 10.8 Å². The first-order valence-electron chi connectivity index (χ1n) is 7.84. The van der Waals surface area contributed by atoms with E-state index in [1.165, 1.54) is 11.3 Å². The van der Waals surface area contributed by atoms with Gasteiger partial charge >= 0.3 is 0 Å². The van der Waals surface area contributed by atoms with Gasteiger partial charge in [0.25, 0.3) is 0 Å². The SMILES string of the molecule is COc1ccccc1CNc1nc(-c2ccc(NS(C)(=O)=O)cc2)cs1. The van der Waals surface area contributed by atoms with Crippen molar-refractivity contribution < 1.29 is 13.2 Å². The first-order chi connectivity index (χ1) is 12.4. The number of nitrogens with one attached hydrogen (secondary N) is 2. The summed E-state index contributed by atoms with van der Waals surface area (Å²) in [6, 6.07) is 15.0. The van der Waals surface area contributed by atoms with E-state index in [-0.39, 0.29) is 0 Å². The van der Waals surface area contributed by atoms with Gasteiger partial charge in [0.15, 0.2) is 5.13 Å². The topological polar surface area (TPSA) is 80.3 Å². The number of para-hydroxylation sites is 1. The summed E-state index contributed by atoms with van der Waals surface area (Å²) in [7, 11) is -1.62. The molecule has 0 saturated heterocycles. The molecule has 2 N–H and O–H groups in total. The van der Waals surface area contributed by atoms with Crippen LogP contribution in [0.1, 0.15) is 5.56 Å². The zero-order valence-corrected chi connectivity index (χ0v) is 16.0. The molecule has 0 amide bonds. The molecule has 0 unspecified atom stereocenters. The van der Waals surface area contributed by atoms with Gasteiger partial charge in [-0.3, -0.25) is 4.72 Å². The van der Waals surface area contributed by atoms with Crippen molar-refractivity contribution in [3.63, 3.8) is 0 Å². The Morgan fingerprint density at radius 3 is 2.54 bits per heavy atom. The number of benzene rings is 2. The highest BCUT2D eigenvalue weighted by Gasteiger charge is 2.07. The Bertz CT molecular complexity index is 983. The van der Waals surface area contributed by atoms with Crippen molar-refractivity contribution in [3.05, 3.63) is 59.5 Å². The fourth-order valence-corrected chi connectivity index (χ4v) is 3.71. The van der Waals surface area contributed by atoms with Crippen LogP contribution in [0, 0.1) is 0 Å². The molecule has 0 aliphatic carbocycles. The van der Waals surface area contributed by atoms with E-state index < -0.39 is 10.0 Å². The average Bonchev–Trinajstić information content (AvgIpc) is 3.08. The summed E-state index contributed by atoms with van der Waals surface area (Å²) < 4.78 is 30.3. The summed E-state index contributed by atoms with van der Waals surface area (Å²) in [6.45, 7) is 0.619. The lowest BCUT2D eigenvalue weighted by Crippen LogP contribution is -2.09. The molecule has 8 heteroatoms. The summed E-state index contributed by atoms with van der Waals surface area (Å²) in [4.78, 5) is 4.58. The van der Waals surface area contributed by atoms with Gasteiger partial charge in [0.1, 0.15) is 5.75 Å². The summed E-state index contributed by atoms with van der Waals surface area (Å²) in [5.41, 5.74) is 3.35. The van der Waals surface area contributed by atoms with Crippen molar-refractivity contribution in [1.82, 2.24) is 4.98 Å². The van der Waals surface area contributed by atoms with Crippen molar-refractivity contribution in [2.45, 2.75) is 6.54 Å². The zero-order valence-electron chi connectivity index (χ0n) is 14.4. The third-order valence-electron chi connectivity index (χ3n) is 3.61. The second-order valence-corrected chi connectivity index (χ2v) is 8.26. The quantitative estimate of drug-likeness (QED) is 0.642. The molecule has 136 valence electrons. The number of rotatable bonds is 7. The molecule has 0 spiro atoms. The molecule has 0 radical (unpaired) electrons.